The number of piperidine rings is 1. The van der Waals surface area contributed by atoms with Gasteiger partial charge < -0.3 is 5.32 Å². The highest BCUT2D eigenvalue weighted by Gasteiger charge is 2.17. The van der Waals surface area contributed by atoms with Crippen LogP contribution < -0.4 is 5.32 Å². The lowest BCUT2D eigenvalue weighted by Gasteiger charge is -2.21. The van der Waals surface area contributed by atoms with Crippen LogP contribution >= 0.6 is 0 Å². The van der Waals surface area contributed by atoms with Crippen LogP contribution in [0, 0.1) is 5.92 Å². The van der Waals surface area contributed by atoms with E-state index in [-0.39, 0.29) is 0 Å². The number of rotatable bonds is 3. The van der Waals surface area contributed by atoms with Crippen molar-refractivity contribution >= 4 is 10.8 Å². The maximum absolute atomic E-state index is 11.9. The van der Waals surface area contributed by atoms with Gasteiger partial charge in [0, 0.05) is 18.1 Å². The number of nitrogens with zero attached hydrogens (tertiary/aromatic N) is 2. The van der Waals surface area contributed by atoms with E-state index >= 15 is 0 Å². The van der Waals surface area contributed by atoms with Crippen LogP contribution in [0.15, 0.2) is 23.6 Å². The summed E-state index contributed by atoms with van der Waals surface area (Å²) in [4.78, 5) is 8.03. The Morgan fingerprint density at radius 2 is 2.00 bits per heavy atom. The first-order chi connectivity index (χ1) is 7.36. The minimum atomic E-state index is -1.03. The van der Waals surface area contributed by atoms with Gasteiger partial charge in [0.1, 0.15) is 0 Å². The van der Waals surface area contributed by atoms with Crippen molar-refractivity contribution < 1.29 is 4.21 Å². The maximum atomic E-state index is 11.9. The molecule has 1 saturated heterocycles. The first kappa shape index (κ1) is 10.7. The Kier molecular flexibility index (Phi) is 3.80. The molecule has 1 N–H and O–H groups in total. The molecule has 5 heteroatoms. The standard InChI is InChI=1S/C10H15N3OS/c14-15(10-12-4-1-5-13-10)8-9-2-6-11-7-3-9/h1,4-5,9,11H,2-3,6-8H2/t15-/m1/s1. The van der Waals surface area contributed by atoms with Gasteiger partial charge in [-0.05, 0) is 37.9 Å². The van der Waals surface area contributed by atoms with Gasteiger partial charge in [0.25, 0.3) is 0 Å². The molecule has 1 aromatic heterocycles. The Bertz CT molecular complexity index is 325. The van der Waals surface area contributed by atoms with Crippen LogP contribution in [0.1, 0.15) is 12.8 Å². The highest BCUT2D eigenvalue weighted by atomic mass is 32.2. The van der Waals surface area contributed by atoms with E-state index in [4.69, 9.17) is 0 Å². The molecule has 1 aromatic rings. The van der Waals surface area contributed by atoms with Crippen molar-refractivity contribution in [3.8, 4) is 0 Å². The first-order valence-electron chi connectivity index (χ1n) is 5.22. The predicted octanol–water partition coefficient (Wildman–Crippen LogP) is 0.584. The van der Waals surface area contributed by atoms with Crippen LogP contribution in [0.3, 0.4) is 0 Å². The molecule has 0 amide bonds. The Balaban J connectivity index is 1.91. The third-order valence-corrected chi connectivity index (χ3v) is 3.98. The normalized spacial score (nSPS) is 20.0. The second kappa shape index (κ2) is 5.32. The molecule has 15 heavy (non-hydrogen) atoms. The van der Waals surface area contributed by atoms with E-state index in [2.05, 4.69) is 15.3 Å². The minimum Gasteiger partial charge on any atom is -0.317 e. The zero-order valence-corrected chi connectivity index (χ0v) is 9.37. The monoisotopic (exact) mass is 225 g/mol. The van der Waals surface area contributed by atoms with Crippen LogP contribution in [0.2, 0.25) is 0 Å². The van der Waals surface area contributed by atoms with Crippen molar-refractivity contribution in [1.82, 2.24) is 15.3 Å². The van der Waals surface area contributed by atoms with Crippen molar-refractivity contribution in [2.24, 2.45) is 5.92 Å². The molecule has 2 rings (SSSR count). The van der Waals surface area contributed by atoms with E-state index in [9.17, 15) is 4.21 Å². The quantitative estimate of drug-likeness (QED) is 0.765. The maximum Gasteiger partial charge on any atom is 0.218 e. The second-order valence-corrected chi connectivity index (χ2v) is 5.13. The van der Waals surface area contributed by atoms with E-state index in [0.29, 0.717) is 16.8 Å². The second-order valence-electron chi connectivity index (χ2n) is 3.74. The predicted molar refractivity (Wildman–Crippen MR) is 58.9 cm³/mol. The van der Waals surface area contributed by atoms with Crippen molar-refractivity contribution in [3.05, 3.63) is 18.5 Å². The highest BCUT2D eigenvalue weighted by Crippen LogP contribution is 2.14. The fraction of sp³-hybridized carbons (Fsp3) is 0.600. The molecule has 2 heterocycles. The summed E-state index contributed by atoms with van der Waals surface area (Å²) in [6.45, 7) is 2.08. The summed E-state index contributed by atoms with van der Waals surface area (Å²) in [5.41, 5.74) is 0. The van der Waals surface area contributed by atoms with Gasteiger partial charge >= 0.3 is 0 Å². The van der Waals surface area contributed by atoms with Gasteiger partial charge in [-0.3, -0.25) is 4.21 Å². The number of hydrogen-bond donors (Lipinski definition) is 1. The van der Waals surface area contributed by atoms with Crippen LogP contribution in [-0.2, 0) is 10.8 Å². The molecule has 1 aliphatic heterocycles. The smallest absolute Gasteiger partial charge is 0.218 e. The van der Waals surface area contributed by atoms with Crippen molar-refractivity contribution in [3.63, 3.8) is 0 Å². The van der Waals surface area contributed by atoms with Gasteiger partial charge in [0.05, 0.1) is 10.8 Å². The Hall–Kier alpha value is -0.810. The summed E-state index contributed by atoms with van der Waals surface area (Å²) in [5, 5.41) is 3.77. The highest BCUT2D eigenvalue weighted by molar-refractivity contribution is 7.84. The molecular formula is C10H15N3OS. The largest absolute Gasteiger partial charge is 0.317 e. The number of aromatic nitrogens is 2. The van der Waals surface area contributed by atoms with Gasteiger partial charge in [-0.2, -0.15) is 0 Å². The van der Waals surface area contributed by atoms with E-state index in [1.807, 2.05) is 0 Å². The summed E-state index contributed by atoms with van der Waals surface area (Å²) >= 11 is 0. The Morgan fingerprint density at radius 1 is 1.33 bits per heavy atom. The molecule has 4 nitrogen and oxygen atoms in total. The zero-order valence-electron chi connectivity index (χ0n) is 8.56. The molecule has 0 spiro atoms. The van der Waals surface area contributed by atoms with Gasteiger partial charge in [0.15, 0.2) is 0 Å². The van der Waals surface area contributed by atoms with E-state index < -0.39 is 10.8 Å². The molecule has 82 valence electrons. The van der Waals surface area contributed by atoms with Crippen molar-refractivity contribution in [2.75, 3.05) is 18.8 Å². The van der Waals surface area contributed by atoms with Gasteiger partial charge in [-0.1, -0.05) is 0 Å². The summed E-state index contributed by atoms with van der Waals surface area (Å²) in [6.07, 6.45) is 5.50. The van der Waals surface area contributed by atoms with Gasteiger partial charge in [-0.15, -0.1) is 0 Å². The molecule has 0 unspecified atom stereocenters. The molecular weight excluding hydrogens is 210 g/mol. The lowest BCUT2D eigenvalue weighted by molar-refractivity contribution is 0.405. The molecule has 0 bridgehead atoms. The van der Waals surface area contributed by atoms with Crippen molar-refractivity contribution in [1.29, 1.82) is 0 Å². The average molecular weight is 225 g/mol. The van der Waals surface area contributed by atoms with Crippen LogP contribution in [0.5, 0.6) is 0 Å². The molecule has 0 saturated carbocycles. The fourth-order valence-electron chi connectivity index (χ4n) is 1.74. The summed E-state index contributed by atoms with van der Waals surface area (Å²) in [5.74, 6) is 1.25. The number of hydrogen-bond acceptors (Lipinski definition) is 4. The molecule has 1 aliphatic rings. The van der Waals surface area contributed by atoms with Gasteiger partial charge in [0.2, 0.25) is 5.16 Å². The summed E-state index contributed by atoms with van der Waals surface area (Å²) in [6, 6.07) is 1.74. The molecule has 0 aromatic carbocycles. The Labute approximate surface area is 92.0 Å². The van der Waals surface area contributed by atoms with E-state index in [0.717, 1.165) is 25.9 Å². The Morgan fingerprint density at radius 3 is 2.67 bits per heavy atom. The van der Waals surface area contributed by atoms with Crippen LogP contribution in [-0.4, -0.2) is 33.0 Å². The van der Waals surface area contributed by atoms with Crippen molar-refractivity contribution in [2.45, 2.75) is 18.0 Å². The average Bonchev–Trinajstić information content (AvgIpc) is 2.31. The van der Waals surface area contributed by atoms with Crippen LogP contribution in [0.25, 0.3) is 0 Å². The number of nitrogens with one attached hydrogen (secondary N) is 1. The fourth-order valence-corrected chi connectivity index (χ4v) is 3.01. The molecule has 1 atom stereocenters. The zero-order chi connectivity index (χ0) is 10.5. The molecule has 1 fully saturated rings. The third-order valence-electron chi connectivity index (χ3n) is 2.59. The SMILES string of the molecule is O=[S@](CC1CCNCC1)c1ncccn1. The van der Waals surface area contributed by atoms with Gasteiger partial charge in [-0.25, -0.2) is 9.97 Å². The summed E-state index contributed by atoms with van der Waals surface area (Å²) in [7, 11) is -1.03. The molecule has 0 aliphatic carbocycles. The topological polar surface area (TPSA) is 54.9 Å². The lowest BCUT2D eigenvalue weighted by Crippen LogP contribution is -2.30. The summed E-state index contributed by atoms with van der Waals surface area (Å²) < 4.78 is 11.9. The molecule has 0 radical (unpaired) electrons. The van der Waals surface area contributed by atoms with E-state index in [1.165, 1.54) is 0 Å². The first-order valence-corrected chi connectivity index (χ1v) is 6.54. The third kappa shape index (κ3) is 3.07. The van der Waals surface area contributed by atoms with E-state index in [1.54, 1.807) is 18.5 Å². The lowest BCUT2D eigenvalue weighted by atomic mass is 10.0. The van der Waals surface area contributed by atoms with Crippen LogP contribution in [0.4, 0.5) is 0 Å². The minimum absolute atomic E-state index is 0.469.